The molecule has 3 aliphatic heterocycles. The first kappa shape index (κ1) is 40.1. The van der Waals surface area contributed by atoms with Crippen molar-refractivity contribution in [3.63, 3.8) is 0 Å². The zero-order chi connectivity index (χ0) is 37.7. The Morgan fingerprint density at radius 1 is 0.940 bits per heavy atom. The van der Waals surface area contributed by atoms with E-state index in [4.69, 9.17) is 9.94 Å². The van der Waals surface area contributed by atoms with E-state index in [1.54, 1.807) is 20.8 Å². The van der Waals surface area contributed by atoms with Crippen LogP contribution in [0.3, 0.4) is 0 Å². The van der Waals surface area contributed by atoms with Crippen LogP contribution in [0.15, 0.2) is 0 Å². The lowest BCUT2D eigenvalue weighted by atomic mass is 9.97. The van der Waals surface area contributed by atoms with Gasteiger partial charge in [-0.15, -0.1) is 5.06 Å². The summed E-state index contributed by atoms with van der Waals surface area (Å²) in [5, 5.41) is 26.7. The maximum Gasteiger partial charge on any atom is 0.347 e. The molecule has 5 N–H and O–H groups in total. The first-order valence-corrected chi connectivity index (χ1v) is 18.3. The number of carbonyl (C=O) groups is 8. The van der Waals surface area contributed by atoms with Crippen LogP contribution in [0.25, 0.3) is 0 Å². The molecule has 0 radical (unpaired) electrons. The smallest absolute Gasteiger partial charge is 0.347 e. The van der Waals surface area contributed by atoms with Crippen molar-refractivity contribution >= 4 is 57.5 Å². The Hall–Kier alpha value is -4.33. The van der Waals surface area contributed by atoms with Crippen molar-refractivity contribution in [2.75, 3.05) is 19.3 Å². The van der Waals surface area contributed by atoms with E-state index < -0.39 is 118 Å². The predicted octanol–water partition coefficient (Wildman–Crippen LogP) is -1.82. The summed E-state index contributed by atoms with van der Waals surface area (Å²) in [6.07, 6.45) is 0.381. The summed E-state index contributed by atoms with van der Waals surface area (Å²) in [5.74, 6) is -8.78. The highest BCUT2D eigenvalue weighted by molar-refractivity contribution is 7.88. The van der Waals surface area contributed by atoms with E-state index in [0.717, 1.165) is 17.5 Å². The van der Waals surface area contributed by atoms with E-state index in [-0.39, 0.29) is 32.4 Å². The van der Waals surface area contributed by atoms with Crippen molar-refractivity contribution in [1.29, 1.82) is 0 Å². The van der Waals surface area contributed by atoms with E-state index >= 15 is 0 Å². The van der Waals surface area contributed by atoms with Gasteiger partial charge in [-0.2, -0.15) is 0 Å². The molecule has 7 atom stereocenters. The Balaban J connectivity index is 1.75. The number of hydrogen-bond acceptors (Lipinski definition) is 12. The molecule has 280 valence electrons. The maximum absolute atomic E-state index is 13.9. The second-order valence-corrected chi connectivity index (χ2v) is 14.9. The summed E-state index contributed by atoms with van der Waals surface area (Å²) in [7, 11) is -3.86. The number of fused-ring (bicyclic) bond motifs is 1. The molecular formula is C30H46N6O13S. The summed E-state index contributed by atoms with van der Waals surface area (Å²) in [6, 6.07) is -6.87. The van der Waals surface area contributed by atoms with Gasteiger partial charge in [0.15, 0.2) is 0 Å². The Morgan fingerprint density at radius 3 is 2.12 bits per heavy atom. The van der Waals surface area contributed by atoms with Crippen molar-refractivity contribution in [2.45, 2.75) is 109 Å². The second-order valence-electron chi connectivity index (χ2n) is 13.1. The molecule has 3 aliphatic rings. The highest BCUT2D eigenvalue weighted by Crippen LogP contribution is 2.40. The molecule has 50 heavy (non-hydrogen) atoms. The summed E-state index contributed by atoms with van der Waals surface area (Å²) < 4.78 is 25.6. The average Bonchev–Trinajstić information content (AvgIpc) is 3.71. The first-order valence-electron chi connectivity index (χ1n) is 16.4. The van der Waals surface area contributed by atoms with E-state index in [0.29, 0.717) is 12.8 Å². The van der Waals surface area contributed by atoms with Gasteiger partial charge < -0.3 is 35.9 Å². The fourth-order valence-electron chi connectivity index (χ4n) is 6.74. The van der Waals surface area contributed by atoms with Crippen molar-refractivity contribution in [3.05, 3.63) is 0 Å². The number of sulfonamides is 1. The van der Waals surface area contributed by atoms with Gasteiger partial charge in [0, 0.05) is 26.4 Å². The highest BCUT2D eigenvalue weighted by atomic mass is 32.2. The minimum Gasteiger partial charge on any atom is -0.481 e. The minimum atomic E-state index is -3.86. The Labute approximate surface area is 289 Å². The van der Waals surface area contributed by atoms with Crippen LogP contribution in [0.1, 0.15) is 72.6 Å². The standard InChI is InChI=1S/C30H46N6O13S/c1-6-17-25-20(36(28(17)44)50(5,47)48)11-13-35(25)49-30(46)21-8-7-12-34(21)29(45)24(15(2)3)33-27(43)19(14-23(40)41)32-26(42)18(31-16(4)37)9-10-22(38)39/h15,17-21,24-25H,6-14H2,1-5H3,(H,31,37)(H,32,42)(H,33,43)(H,38,39)(H,40,41)/t17?,18-,19-,20-,21-,24-,25+/m0/s1. The third-order valence-corrected chi connectivity index (χ3v) is 10.2. The molecule has 3 rings (SSSR count). The van der Waals surface area contributed by atoms with Gasteiger partial charge in [-0.25, -0.2) is 17.5 Å². The number of likely N-dealkylation sites (tertiary alicyclic amines) is 1. The lowest BCUT2D eigenvalue weighted by molar-refractivity contribution is -0.203. The molecule has 1 unspecified atom stereocenters. The van der Waals surface area contributed by atoms with Gasteiger partial charge in [-0.1, -0.05) is 20.8 Å². The largest absolute Gasteiger partial charge is 0.481 e. The van der Waals surface area contributed by atoms with Crippen LogP contribution in [0.5, 0.6) is 0 Å². The molecule has 0 aromatic rings. The van der Waals surface area contributed by atoms with E-state index in [1.807, 2.05) is 0 Å². The molecule has 3 fully saturated rings. The molecule has 0 saturated carbocycles. The molecule has 0 bridgehead atoms. The van der Waals surface area contributed by atoms with Crippen LogP contribution in [0.2, 0.25) is 0 Å². The van der Waals surface area contributed by atoms with Crippen molar-refractivity contribution < 1.29 is 61.8 Å². The monoisotopic (exact) mass is 730 g/mol. The summed E-state index contributed by atoms with van der Waals surface area (Å²) in [6.45, 7) is 6.32. The Bertz CT molecular complexity index is 1490. The summed E-state index contributed by atoms with van der Waals surface area (Å²) in [5.41, 5.74) is 0. The average molecular weight is 731 g/mol. The number of nitrogens with one attached hydrogen (secondary N) is 3. The molecule has 0 aromatic carbocycles. The molecule has 5 amide bonds. The summed E-state index contributed by atoms with van der Waals surface area (Å²) in [4.78, 5) is 108. The van der Waals surface area contributed by atoms with Gasteiger partial charge in [0.25, 0.3) is 0 Å². The van der Waals surface area contributed by atoms with E-state index in [1.165, 1.54) is 9.96 Å². The number of hydroxylamine groups is 2. The summed E-state index contributed by atoms with van der Waals surface area (Å²) >= 11 is 0. The van der Waals surface area contributed by atoms with Gasteiger partial charge in [0.1, 0.15) is 24.2 Å². The van der Waals surface area contributed by atoms with Crippen LogP contribution in [0.4, 0.5) is 0 Å². The molecule has 3 saturated heterocycles. The molecule has 0 spiro atoms. The van der Waals surface area contributed by atoms with Gasteiger partial charge >= 0.3 is 17.9 Å². The van der Waals surface area contributed by atoms with Crippen molar-refractivity contribution in [3.8, 4) is 0 Å². The van der Waals surface area contributed by atoms with Crippen molar-refractivity contribution in [2.24, 2.45) is 11.8 Å². The number of hydrogen-bond donors (Lipinski definition) is 5. The quantitative estimate of drug-likeness (QED) is 0.117. The van der Waals surface area contributed by atoms with Crippen molar-refractivity contribution in [1.82, 2.24) is 30.2 Å². The fraction of sp³-hybridized carbons (Fsp3) is 0.733. The van der Waals surface area contributed by atoms with Crippen LogP contribution >= 0.6 is 0 Å². The third-order valence-electron chi connectivity index (χ3n) is 9.02. The van der Waals surface area contributed by atoms with Gasteiger partial charge in [0.2, 0.25) is 39.6 Å². The van der Waals surface area contributed by atoms with Crippen LogP contribution in [-0.2, 0) is 53.2 Å². The fourth-order valence-corrected chi connectivity index (χ4v) is 7.92. The van der Waals surface area contributed by atoms with Gasteiger partial charge in [-0.05, 0) is 38.0 Å². The van der Waals surface area contributed by atoms with Crippen LogP contribution in [0, 0.1) is 11.8 Å². The molecule has 20 heteroatoms. The molecule has 19 nitrogen and oxygen atoms in total. The normalized spacial score (nSPS) is 23.9. The lowest BCUT2D eigenvalue weighted by Crippen LogP contribution is -2.59. The first-order chi connectivity index (χ1) is 23.3. The lowest BCUT2D eigenvalue weighted by Gasteiger charge is -2.32. The third kappa shape index (κ3) is 9.46. The SMILES string of the molecule is CCC1C(=O)N(S(C)(=O)=O)[C@H]2CCN(OC(=O)[C@@H]3CCCN3C(=O)[C@@H](NC(=O)[C@H](CC(=O)O)NC(=O)[C@H](CCC(=O)O)NC(C)=O)C(C)C)[C@H]12. The number of carboxylic acid groups (broad SMARTS) is 2. The second kappa shape index (κ2) is 16.6. The Morgan fingerprint density at radius 2 is 1.58 bits per heavy atom. The predicted molar refractivity (Wildman–Crippen MR) is 171 cm³/mol. The number of carboxylic acids is 2. The number of aliphatic carboxylic acids is 2. The Kier molecular flexibility index (Phi) is 13.3. The van der Waals surface area contributed by atoms with Gasteiger partial charge in [0.05, 0.1) is 30.7 Å². The van der Waals surface area contributed by atoms with E-state index in [2.05, 4.69) is 16.0 Å². The number of amides is 5. The maximum atomic E-state index is 13.9. The molecule has 0 aromatic heterocycles. The van der Waals surface area contributed by atoms with E-state index in [9.17, 15) is 51.9 Å². The van der Waals surface area contributed by atoms with Gasteiger partial charge in [-0.3, -0.25) is 33.6 Å². The topological polar surface area (TPSA) is 266 Å². The number of rotatable bonds is 16. The van der Waals surface area contributed by atoms with Crippen LogP contribution < -0.4 is 16.0 Å². The molecular weight excluding hydrogens is 684 g/mol. The van der Waals surface area contributed by atoms with Crippen LogP contribution in [-0.4, -0.2) is 136 Å². The zero-order valence-electron chi connectivity index (χ0n) is 28.6. The highest BCUT2D eigenvalue weighted by Gasteiger charge is 2.57. The molecule has 3 heterocycles. The number of carbonyl (C=O) groups excluding carboxylic acids is 6. The molecule has 0 aliphatic carbocycles. The minimum absolute atomic E-state index is 0.124. The number of nitrogens with zero attached hydrogens (tertiary/aromatic N) is 3. The zero-order valence-corrected chi connectivity index (χ0v) is 29.4.